The van der Waals surface area contributed by atoms with E-state index in [4.69, 9.17) is 10.8 Å². The Morgan fingerprint density at radius 1 is 1.26 bits per heavy atom. The van der Waals surface area contributed by atoms with E-state index in [1.54, 1.807) is 19.2 Å². The number of carbonyl (C=O) groups excluding carboxylic acids is 1. The van der Waals surface area contributed by atoms with Crippen molar-refractivity contribution in [1.82, 2.24) is 0 Å². The molecule has 19 heavy (non-hydrogen) atoms. The summed E-state index contributed by atoms with van der Waals surface area (Å²) in [5.74, 6) is -0.810. The summed E-state index contributed by atoms with van der Waals surface area (Å²) in [5.41, 5.74) is 6.67. The average molecular weight is 264 g/mol. The Bertz CT molecular complexity index is 454. The first-order valence-electron chi connectivity index (χ1n) is 6.19. The Hall–Kier alpha value is -1.88. The van der Waals surface area contributed by atoms with Gasteiger partial charge in [-0.2, -0.15) is 0 Å². The highest BCUT2D eigenvalue weighted by atomic mass is 16.4. The van der Waals surface area contributed by atoms with Gasteiger partial charge in [-0.05, 0) is 36.6 Å². The van der Waals surface area contributed by atoms with Crippen LogP contribution in [0.4, 0.5) is 5.69 Å². The second-order valence-corrected chi connectivity index (χ2v) is 4.99. The molecule has 1 aromatic carbocycles. The number of nitrogens with two attached hydrogens (primary N) is 1. The minimum absolute atomic E-state index is 0.170. The van der Waals surface area contributed by atoms with E-state index in [2.05, 4.69) is 0 Å². The van der Waals surface area contributed by atoms with Gasteiger partial charge in [-0.1, -0.05) is 13.8 Å². The highest BCUT2D eigenvalue weighted by Crippen LogP contribution is 2.16. The molecule has 0 aromatic heterocycles. The summed E-state index contributed by atoms with van der Waals surface area (Å²) in [6, 6.07) is 5.60. The fourth-order valence-corrected chi connectivity index (χ4v) is 1.81. The maximum atomic E-state index is 12.1. The third-order valence-electron chi connectivity index (χ3n) is 2.87. The lowest BCUT2D eigenvalue weighted by Crippen LogP contribution is -2.42. The van der Waals surface area contributed by atoms with Gasteiger partial charge in [-0.15, -0.1) is 0 Å². The molecule has 104 valence electrons. The van der Waals surface area contributed by atoms with Crippen molar-refractivity contribution in [1.29, 1.82) is 0 Å². The maximum Gasteiger partial charge on any atom is 0.335 e. The van der Waals surface area contributed by atoms with Crippen LogP contribution in [0.15, 0.2) is 24.3 Å². The molecule has 0 aliphatic heterocycles. The summed E-state index contributed by atoms with van der Waals surface area (Å²) in [7, 11) is 1.64. The minimum atomic E-state index is -0.989. The zero-order valence-electron chi connectivity index (χ0n) is 11.5. The highest BCUT2D eigenvalue weighted by molar-refractivity contribution is 5.97. The summed E-state index contributed by atoms with van der Waals surface area (Å²) in [6.07, 6.45) is 0.621. The van der Waals surface area contributed by atoms with Crippen molar-refractivity contribution < 1.29 is 14.7 Å². The van der Waals surface area contributed by atoms with Crippen molar-refractivity contribution in [3.05, 3.63) is 29.8 Å². The van der Waals surface area contributed by atoms with Crippen LogP contribution in [0.25, 0.3) is 0 Å². The zero-order valence-corrected chi connectivity index (χ0v) is 11.5. The molecular formula is C14H20N2O3. The van der Waals surface area contributed by atoms with Crippen LogP contribution in [-0.4, -0.2) is 30.1 Å². The first-order valence-corrected chi connectivity index (χ1v) is 6.19. The molecule has 0 spiro atoms. The SMILES string of the molecule is CC(C)CC(N)C(=O)N(C)c1ccc(C(=O)O)cc1. The Morgan fingerprint density at radius 3 is 2.21 bits per heavy atom. The fraction of sp³-hybridized carbons (Fsp3) is 0.429. The van der Waals surface area contributed by atoms with Gasteiger partial charge < -0.3 is 15.7 Å². The monoisotopic (exact) mass is 264 g/mol. The standard InChI is InChI=1S/C14H20N2O3/c1-9(2)8-12(15)13(17)16(3)11-6-4-10(5-7-11)14(18)19/h4-7,9,12H,8,15H2,1-3H3,(H,18,19). The molecule has 0 aliphatic carbocycles. The third-order valence-corrected chi connectivity index (χ3v) is 2.87. The van der Waals surface area contributed by atoms with Crippen LogP contribution in [0, 0.1) is 5.92 Å². The number of hydrogen-bond acceptors (Lipinski definition) is 3. The molecule has 1 unspecified atom stereocenters. The van der Waals surface area contributed by atoms with Gasteiger partial charge in [0.05, 0.1) is 11.6 Å². The van der Waals surface area contributed by atoms with Crippen molar-refractivity contribution in [2.75, 3.05) is 11.9 Å². The third kappa shape index (κ3) is 4.06. The van der Waals surface area contributed by atoms with Crippen molar-refractivity contribution in [2.24, 2.45) is 11.7 Å². The number of hydrogen-bond donors (Lipinski definition) is 2. The van der Waals surface area contributed by atoms with Crippen LogP contribution >= 0.6 is 0 Å². The predicted molar refractivity (Wildman–Crippen MR) is 74.2 cm³/mol. The number of nitrogens with zero attached hydrogens (tertiary/aromatic N) is 1. The molecule has 0 radical (unpaired) electrons. The van der Waals surface area contributed by atoms with E-state index < -0.39 is 12.0 Å². The quantitative estimate of drug-likeness (QED) is 0.848. The number of rotatable bonds is 5. The topological polar surface area (TPSA) is 83.6 Å². The highest BCUT2D eigenvalue weighted by Gasteiger charge is 2.20. The van der Waals surface area contributed by atoms with Crippen molar-refractivity contribution in [2.45, 2.75) is 26.3 Å². The summed E-state index contributed by atoms with van der Waals surface area (Å²) < 4.78 is 0. The summed E-state index contributed by atoms with van der Waals surface area (Å²) in [5, 5.41) is 8.81. The second-order valence-electron chi connectivity index (χ2n) is 4.99. The molecule has 0 fully saturated rings. The lowest BCUT2D eigenvalue weighted by Gasteiger charge is -2.22. The van der Waals surface area contributed by atoms with Gasteiger partial charge in [0.15, 0.2) is 0 Å². The molecule has 5 nitrogen and oxygen atoms in total. The van der Waals surface area contributed by atoms with Gasteiger partial charge >= 0.3 is 5.97 Å². The van der Waals surface area contributed by atoms with Gasteiger partial charge in [0.2, 0.25) is 5.91 Å². The van der Waals surface area contributed by atoms with Gasteiger partial charge in [0.25, 0.3) is 0 Å². The van der Waals surface area contributed by atoms with Crippen LogP contribution in [0.1, 0.15) is 30.6 Å². The zero-order chi connectivity index (χ0) is 14.6. The molecule has 1 aromatic rings. The van der Waals surface area contributed by atoms with E-state index >= 15 is 0 Å². The molecule has 3 N–H and O–H groups in total. The normalized spacial score (nSPS) is 12.3. The van der Waals surface area contributed by atoms with Gasteiger partial charge in [-0.25, -0.2) is 4.79 Å². The first-order chi connectivity index (χ1) is 8.82. The summed E-state index contributed by atoms with van der Waals surface area (Å²) in [4.78, 5) is 24.3. The van der Waals surface area contributed by atoms with Gasteiger partial charge in [0.1, 0.15) is 0 Å². The molecule has 5 heteroatoms. The van der Waals surface area contributed by atoms with Crippen molar-refractivity contribution >= 4 is 17.6 Å². The predicted octanol–water partition coefficient (Wildman–Crippen LogP) is 1.72. The van der Waals surface area contributed by atoms with Crippen molar-refractivity contribution in [3.8, 4) is 0 Å². The summed E-state index contributed by atoms with van der Waals surface area (Å²) >= 11 is 0. The van der Waals surface area contributed by atoms with E-state index in [0.29, 0.717) is 18.0 Å². The molecule has 0 aliphatic rings. The smallest absolute Gasteiger partial charge is 0.335 e. The molecule has 1 rings (SSSR count). The van der Waals surface area contributed by atoms with Crippen LogP contribution in [0.3, 0.4) is 0 Å². The van der Waals surface area contributed by atoms with E-state index in [-0.39, 0.29) is 11.5 Å². The maximum absolute atomic E-state index is 12.1. The van der Waals surface area contributed by atoms with E-state index in [0.717, 1.165) is 0 Å². The Kier molecular flexibility index (Phi) is 5.06. The Balaban J connectivity index is 2.79. The Labute approximate surface area is 113 Å². The molecule has 0 saturated carbocycles. The van der Waals surface area contributed by atoms with Crippen LogP contribution in [-0.2, 0) is 4.79 Å². The minimum Gasteiger partial charge on any atom is -0.478 e. The average Bonchev–Trinajstić information content (AvgIpc) is 2.36. The number of carboxylic acids is 1. The molecule has 0 heterocycles. The fourth-order valence-electron chi connectivity index (χ4n) is 1.81. The van der Waals surface area contributed by atoms with E-state index in [1.807, 2.05) is 13.8 Å². The number of amides is 1. The number of carbonyl (C=O) groups is 2. The van der Waals surface area contributed by atoms with Crippen molar-refractivity contribution in [3.63, 3.8) is 0 Å². The van der Waals surface area contributed by atoms with Gasteiger partial charge in [0, 0.05) is 12.7 Å². The molecule has 1 amide bonds. The lowest BCUT2D eigenvalue weighted by molar-refractivity contribution is -0.119. The first kappa shape index (κ1) is 15.2. The number of anilines is 1. The molecule has 0 bridgehead atoms. The number of benzene rings is 1. The van der Waals surface area contributed by atoms with Crippen LogP contribution in [0.2, 0.25) is 0 Å². The largest absolute Gasteiger partial charge is 0.478 e. The van der Waals surface area contributed by atoms with E-state index in [1.165, 1.54) is 17.0 Å². The lowest BCUT2D eigenvalue weighted by atomic mass is 10.0. The number of aromatic carboxylic acids is 1. The van der Waals surface area contributed by atoms with Crippen LogP contribution < -0.4 is 10.6 Å². The molecular weight excluding hydrogens is 244 g/mol. The number of likely N-dealkylation sites (N-methyl/N-ethyl adjacent to an activating group) is 1. The summed E-state index contributed by atoms with van der Waals surface area (Å²) in [6.45, 7) is 4.02. The second kappa shape index (κ2) is 6.33. The van der Waals surface area contributed by atoms with Gasteiger partial charge in [-0.3, -0.25) is 4.79 Å². The number of carboxylic acid groups (broad SMARTS) is 1. The van der Waals surface area contributed by atoms with Crippen LogP contribution in [0.5, 0.6) is 0 Å². The molecule has 0 saturated heterocycles. The Morgan fingerprint density at radius 2 is 1.79 bits per heavy atom. The van der Waals surface area contributed by atoms with E-state index in [9.17, 15) is 9.59 Å². The molecule has 1 atom stereocenters.